The Kier molecular flexibility index (Phi) is 6.50. The molecular weight excluding hydrogens is 240 g/mol. The maximum Gasteiger partial charge on any atom is 0.337 e. The Morgan fingerprint density at radius 2 is 2.11 bits per heavy atom. The Morgan fingerprint density at radius 3 is 2.74 bits per heavy atom. The zero-order valence-electron chi connectivity index (χ0n) is 12.0. The van der Waals surface area contributed by atoms with Crippen molar-refractivity contribution in [1.82, 2.24) is 10.3 Å². The standard InChI is InChI=1S/C15H24N2O2/c1-11(2)6-4-7-12(3)17-10-14-13(15(18)19)8-5-9-16-14/h5,8-9,11-12,17H,4,6-7,10H2,1-3H3,(H,18,19). The van der Waals surface area contributed by atoms with Gasteiger partial charge in [-0.15, -0.1) is 0 Å². The van der Waals surface area contributed by atoms with Gasteiger partial charge in [0.2, 0.25) is 0 Å². The molecule has 1 atom stereocenters. The van der Waals surface area contributed by atoms with E-state index in [0.29, 0.717) is 18.3 Å². The molecule has 1 aromatic heterocycles. The van der Waals surface area contributed by atoms with Gasteiger partial charge >= 0.3 is 5.97 Å². The van der Waals surface area contributed by atoms with Crippen LogP contribution in [0, 0.1) is 5.92 Å². The maximum absolute atomic E-state index is 11.0. The number of pyridine rings is 1. The van der Waals surface area contributed by atoms with Crippen LogP contribution >= 0.6 is 0 Å². The van der Waals surface area contributed by atoms with Crippen LogP contribution in [0.4, 0.5) is 0 Å². The molecule has 1 aromatic rings. The van der Waals surface area contributed by atoms with Gasteiger partial charge in [-0.3, -0.25) is 4.98 Å². The van der Waals surface area contributed by atoms with Crippen molar-refractivity contribution in [3.8, 4) is 0 Å². The second kappa shape index (κ2) is 7.89. The molecule has 1 rings (SSSR count). The number of nitrogens with one attached hydrogen (secondary N) is 1. The van der Waals surface area contributed by atoms with Gasteiger partial charge in [-0.2, -0.15) is 0 Å². The summed E-state index contributed by atoms with van der Waals surface area (Å²) in [6, 6.07) is 3.62. The molecule has 1 unspecified atom stereocenters. The van der Waals surface area contributed by atoms with Gasteiger partial charge in [0.1, 0.15) is 0 Å². The van der Waals surface area contributed by atoms with Crippen LogP contribution in [0.5, 0.6) is 0 Å². The molecule has 4 nitrogen and oxygen atoms in total. The predicted molar refractivity (Wildman–Crippen MR) is 76.2 cm³/mol. The van der Waals surface area contributed by atoms with E-state index in [4.69, 9.17) is 5.11 Å². The highest BCUT2D eigenvalue weighted by molar-refractivity contribution is 5.88. The quantitative estimate of drug-likeness (QED) is 0.757. The second-order valence-electron chi connectivity index (χ2n) is 5.41. The molecule has 0 aromatic carbocycles. The Labute approximate surface area is 115 Å². The second-order valence-corrected chi connectivity index (χ2v) is 5.41. The summed E-state index contributed by atoms with van der Waals surface area (Å²) in [4.78, 5) is 15.2. The van der Waals surface area contributed by atoms with E-state index in [2.05, 4.69) is 31.1 Å². The van der Waals surface area contributed by atoms with Gasteiger partial charge in [-0.05, 0) is 31.4 Å². The van der Waals surface area contributed by atoms with E-state index in [1.165, 1.54) is 12.8 Å². The first-order valence-corrected chi connectivity index (χ1v) is 6.91. The van der Waals surface area contributed by atoms with E-state index in [9.17, 15) is 4.79 Å². The molecule has 0 aliphatic carbocycles. The van der Waals surface area contributed by atoms with Crippen LogP contribution in [0.15, 0.2) is 18.3 Å². The normalized spacial score (nSPS) is 12.6. The molecule has 0 fully saturated rings. The van der Waals surface area contributed by atoms with E-state index in [1.807, 2.05) is 0 Å². The van der Waals surface area contributed by atoms with E-state index < -0.39 is 5.97 Å². The number of hydrogen-bond acceptors (Lipinski definition) is 3. The summed E-state index contributed by atoms with van der Waals surface area (Å²) in [5.74, 6) is -0.182. The molecule has 0 aliphatic rings. The van der Waals surface area contributed by atoms with Gasteiger partial charge in [-0.1, -0.05) is 26.7 Å². The first-order chi connectivity index (χ1) is 9.00. The lowest BCUT2D eigenvalue weighted by molar-refractivity contribution is 0.0695. The van der Waals surface area contributed by atoms with E-state index >= 15 is 0 Å². The molecule has 0 spiro atoms. The number of nitrogens with zero attached hydrogens (tertiary/aromatic N) is 1. The van der Waals surface area contributed by atoms with Crippen LogP contribution in [-0.4, -0.2) is 22.1 Å². The molecule has 0 bridgehead atoms. The monoisotopic (exact) mass is 264 g/mol. The molecule has 4 heteroatoms. The number of carbonyl (C=O) groups is 1. The average Bonchev–Trinajstić information content (AvgIpc) is 2.36. The molecule has 0 saturated carbocycles. The molecule has 1 heterocycles. The van der Waals surface area contributed by atoms with Crippen molar-refractivity contribution in [2.45, 2.75) is 52.6 Å². The summed E-state index contributed by atoms with van der Waals surface area (Å²) in [6.07, 6.45) is 5.16. The highest BCUT2D eigenvalue weighted by atomic mass is 16.4. The molecule has 106 valence electrons. The highest BCUT2D eigenvalue weighted by Gasteiger charge is 2.11. The fourth-order valence-electron chi connectivity index (χ4n) is 1.98. The van der Waals surface area contributed by atoms with Gasteiger partial charge in [0.25, 0.3) is 0 Å². The van der Waals surface area contributed by atoms with Crippen molar-refractivity contribution in [1.29, 1.82) is 0 Å². The zero-order valence-corrected chi connectivity index (χ0v) is 12.0. The van der Waals surface area contributed by atoms with Crippen LogP contribution in [0.25, 0.3) is 0 Å². The molecule has 0 saturated heterocycles. The Morgan fingerprint density at radius 1 is 1.37 bits per heavy atom. The highest BCUT2D eigenvalue weighted by Crippen LogP contribution is 2.09. The maximum atomic E-state index is 11.0. The lowest BCUT2D eigenvalue weighted by Gasteiger charge is -2.14. The van der Waals surface area contributed by atoms with Crippen LogP contribution in [-0.2, 0) is 6.54 Å². The molecule has 0 aliphatic heterocycles. The average molecular weight is 264 g/mol. The van der Waals surface area contributed by atoms with Gasteiger partial charge in [0.15, 0.2) is 0 Å². The molecule has 0 amide bonds. The number of hydrogen-bond donors (Lipinski definition) is 2. The smallest absolute Gasteiger partial charge is 0.337 e. The van der Waals surface area contributed by atoms with Crippen LogP contribution in [0.3, 0.4) is 0 Å². The third kappa shape index (κ3) is 5.83. The van der Waals surface area contributed by atoms with Gasteiger partial charge < -0.3 is 10.4 Å². The zero-order chi connectivity index (χ0) is 14.3. The number of aromatic nitrogens is 1. The largest absolute Gasteiger partial charge is 0.478 e. The Hall–Kier alpha value is -1.42. The van der Waals surface area contributed by atoms with Gasteiger partial charge in [0, 0.05) is 18.8 Å². The summed E-state index contributed by atoms with van der Waals surface area (Å²) >= 11 is 0. The first-order valence-electron chi connectivity index (χ1n) is 6.91. The van der Waals surface area contributed by atoms with Crippen molar-refractivity contribution >= 4 is 5.97 Å². The van der Waals surface area contributed by atoms with Crippen molar-refractivity contribution < 1.29 is 9.90 Å². The molecule has 19 heavy (non-hydrogen) atoms. The van der Waals surface area contributed by atoms with Crippen molar-refractivity contribution in [2.24, 2.45) is 5.92 Å². The summed E-state index contributed by atoms with van der Waals surface area (Å²) in [6.45, 7) is 7.09. The molecule has 0 radical (unpaired) electrons. The Balaban J connectivity index is 2.42. The first kappa shape index (κ1) is 15.6. The summed E-state index contributed by atoms with van der Waals surface area (Å²) in [7, 11) is 0. The minimum atomic E-state index is -0.919. The lowest BCUT2D eigenvalue weighted by Crippen LogP contribution is -2.27. The van der Waals surface area contributed by atoms with Crippen LogP contribution < -0.4 is 5.32 Å². The van der Waals surface area contributed by atoms with Gasteiger partial charge in [0.05, 0.1) is 11.3 Å². The van der Waals surface area contributed by atoms with Crippen LogP contribution in [0.1, 0.15) is 56.1 Å². The minimum Gasteiger partial charge on any atom is -0.478 e. The molecular formula is C15H24N2O2. The summed E-state index contributed by atoms with van der Waals surface area (Å²) < 4.78 is 0. The van der Waals surface area contributed by atoms with E-state index in [1.54, 1.807) is 18.3 Å². The van der Waals surface area contributed by atoms with Gasteiger partial charge in [-0.25, -0.2) is 4.79 Å². The van der Waals surface area contributed by atoms with Crippen molar-refractivity contribution in [3.05, 3.63) is 29.6 Å². The summed E-state index contributed by atoms with van der Waals surface area (Å²) in [5, 5.41) is 12.4. The topological polar surface area (TPSA) is 62.2 Å². The number of rotatable bonds is 8. The third-order valence-electron chi connectivity index (χ3n) is 3.16. The SMILES string of the molecule is CC(C)CCCC(C)NCc1ncccc1C(=O)O. The Bertz CT molecular complexity index is 405. The minimum absolute atomic E-state index is 0.282. The van der Waals surface area contributed by atoms with Crippen molar-refractivity contribution in [2.75, 3.05) is 0 Å². The number of aromatic carboxylic acids is 1. The fourth-order valence-corrected chi connectivity index (χ4v) is 1.98. The van der Waals surface area contributed by atoms with Crippen molar-refractivity contribution in [3.63, 3.8) is 0 Å². The third-order valence-corrected chi connectivity index (χ3v) is 3.16. The number of carboxylic acids is 1. The van der Waals surface area contributed by atoms with E-state index in [0.717, 1.165) is 12.3 Å². The predicted octanol–water partition coefficient (Wildman–Crippen LogP) is 3.08. The number of carboxylic acid groups (broad SMARTS) is 1. The lowest BCUT2D eigenvalue weighted by atomic mass is 10.0. The van der Waals surface area contributed by atoms with Crippen LogP contribution in [0.2, 0.25) is 0 Å². The fraction of sp³-hybridized carbons (Fsp3) is 0.600. The molecule has 2 N–H and O–H groups in total. The summed E-state index contributed by atoms with van der Waals surface area (Å²) in [5.41, 5.74) is 0.884. The van der Waals surface area contributed by atoms with E-state index in [-0.39, 0.29) is 5.56 Å².